The molecule has 0 aliphatic heterocycles. The Morgan fingerprint density at radius 3 is 2.62 bits per heavy atom. The lowest BCUT2D eigenvalue weighted by Gasteiger charge is -2.08. The molecule has 2 aromatic heterocycles. The average Bonchev–Trinajstić information content (AvgIpc) is 2.95. The van der Waals surface area contributed by atoms with Gasteiger partial charge in [0.15, 0.2) is 5.82 Å². The topological polar surface area (TPSA) is 30.7 Å². The average molecular weight is 312 g/mol. The van der Waals surface area contributed by atoms with Crippen molar-refractivity contribution in [1.29, 1.82) is 0 Å². The van der Waals surface area contributed by atoms with Crippen LogP contribution in [-0.4, -0.2) is 14.8 Å². The van der Waals surface area contributed by atoms with Crippen LogP contribution in [0.5, 0.6) is 0 Å². The van der Waals surface area contributed by atoms with Gasteiger partial charge in [-0.1, -0.05) is 18.2 Å². The van der Waals surface area contributed by atoms with E-state index < -0.39 is 11.7 Å². The summed E-state index contributed by atoms with van der Waals surface area (Å²) in [7, 11) is 0. The van der Waals surface area contributed by atoms with E-state index in [0.29, 0.717) is 16.9 Å². The smallest absolute Gasteiger partial charge is 0.228 e. The van der Waals surface area contributed by atoms with Crippen LogP contribution in [-0.2, 0) is 12.1 Å². The summed E-state index contributed by atoms with van der Waals surface area (Å²) in [5, 5.41) is 4.62. The number of alkyl halides is 4. The van der Waals surface area contributed by atoms with Gasteiger partial charge in [-0.3, -0.25) is 0 Å². The van der Waals surface area contributed by atoms with Crippen molar-refractivity contribution in [3.05, 3.63) is 53.9 Å². The van der Waals surface area contributed by atoms with Crippen LogP contribution in [0, 0.1) is 0 Å². The van der Waals surface area contributed by atoms with E-state index in [0.717, 1.165) is 22.5 Å². The van der Waals surface area contributed by atoms with E-state index in [-0.39, 0.29) is 5.88 Å². The Bertz CT molecular complexity index is 796. The van der Waals surface area contributed by atoms with Crippen LogP contribution in [0.3, 0.4) is 0 Å². The summed E-state index contributed by atoms with van der Waals surface area (Å²) in [6, 6.07) is 9.12. The fourth-order valence-corrected chi connectivity index (χ4v) is 2.23. The van der Waals surface area contributed by atoms with Gasteiger partial charge in [0.2, 0.25) is 0 Å². The molecule has 3 aromatic rings. The van der Waals surface area contributed by atoms with Gasteiger partial charge in [0.25, 0.3) is 0 Å². The molecule has 3 rings (SSSR count). The number of fused-ring (bicyclic) bond motifs is 1. The normalized spacial score (nSPS) is 12.0. The predicted molar refractivity (Wildman–Crippen MR) is 73.4 cm³/mol. The summed E-state index contributed by atoms with van der Waals surface area (Å²) in [6.45, 7) is 0. The van der Waals surface area contributed by atoms with Crippen LogP contribution in [0.25, 0.3) is 16.7 Å². The first-order chi connectivity index (χ1) is 9.99. The van der Waals surface area contributed by atoms with Crippen molar-refractivity contribution in [3.63, 3.8) is 0 Å². The van der Waals surface area contributed by atoms with Gasteiger partial charge in [-0.25, -0.2) is 9.67 Å². The fourth-order valence-electron chi connectivity index (χ4n) is 2.03. The molecule has 0 aliphatic rings. The summed E-state index contributed by atoms with van der Waals surface area (Å²) in [5.41, 5.74) is 0.468. The molecule has 0 saturated heterocycles. The van der Waals surface area contributed by atoms with Gasteiger partial charge >= 0.3 is 6.18 Å². The molecule has 108 valence electrons. The number of para-hydroxylation sites is 1. The SMILES string of the molecule is FC(F)(F)c1cnn(-c2nc3ccccc3cc2CCl)c1. The highest BCUT2D eigenvalue weighted by Crippen LogP contribution is 2.29. The van der Waals surface area contributed by atoms with Gasteiger partial charge in [-0.05, 0) is 12.1 Å². The minimum atomic E-state index is -4.43. The number of aromatic nitrogens is 3. The van der Waals surface area contributed by atoms with Crippen LogP contribution in [0.2, 0.25) is 0 Å². The summed E-state index contributed by atoms with van der Waals surface area (Å²) in [4.78, 5) is 4.36. The monoisotopic (exact) mass is 311 g/mol. The minimum absolute atomic E-state index is 0.133. The molecular formula is C14H9ClF3N3. The molecule has 0 unspecified atom stereocenters. The molecule has 0 aliphatic carbocycles. The molecule has 21 heavy (non-hydrogen) atoms. The first-order valence-electron chi connectivity index (χ1n) is 6.06. The van der Waals surface area contributed by atoms with Crippen LogP contribution in [0.1, 0.15) is 11.1 Å². The highest BCUT2D eigenvalue weighted by molar-refractivity contribution is 6.17. The number of halogens is 4. The third-order valence-electron chi connectivity index (χ3n) is 3.05. The molecule has 0 saturated carbocycles. The lowest BCUT2D eigenvalue weighted by atomic mass is 10.1. The second-order valence-corrected chi connectivity index (χ2v) is 4.74. The molecule has 0 bridgehead atoms. The molecule has 7 heteroatoms. The van der Waals surface area contributed by atoms with Crippen LogP contribution >= 0.6 is 11.6 Å². The van der Waals surface area contributed by atoms with Crippen LogP contribution in [0.15, 0.2) is 42.7 Å². The van der Waals surface area contributed by atoms with Crippen molar-refractivity contribution in [2.45, 2.75) is 12.1 Å². The molecule has 0 fully saturated rings. The summed E-state index contributed by atoms with van der Waals surface area (Å²) in [5.74, 6) is 0.438. The zero-order valence-corrected chi connectivity index (χ0v) is 11.4. The van der Waals surface area contributed by atoms with Crippen molar-refractivity contribution in [2.24, 2.45) is 0 Å². The highest BCUT2D eigenvalue weighted by atomic mass is 35.5. The number of pyridine rings is 1. The van der Waals surface area contributed by atoms with E-state index in [4.69, 9.17) is 11.6 Å². The minimum Gasteiger partial charge on any atom is -0.228 e. The second kappa shape index (κ2) is 5.04. The Kier molecular flexibility index (Phi) is 3.33. The van der Waals surface area contributed by atoms with E-state index in [1.807, 2.05) is 18.2 Å². The van der Waals surface area contributed by atoms with Gasteiger partial charge in [0.05, 0.1) is 23.2 Å². The maximum absolute atomic E-state index is 12.7. The maximum Gasteiger partial charge on any atom is 0.419 e. The van der Waals surface area contributed by atoms with Gasteiger partial charge in [0, 0.05) is 17.1 Å². The Balaban J connectivity index is 2.17. The van der Waals surface area contributed by atoms with Crippen molar-refractivity contribution in [2.75, 3.05) is 0 Å². The summed E-state index contributed by atoms with van der Waals surface area (Å²) in [6.07, 6.45) is -2.75. The number of rotatable bonds is 2. The van der Waals surface area contributed by atoms with Gasteiger partial charge in [-0.15, -0.1) is 11.6 Å². The molecule has 2 heterocycles. The van der Waals surface area contributed by atoms with E-state index in [9.17, 15) is 13.2 Å². The largest absolute Gasteiger partial charge is 0.419 e. The van der Waals surface area contributed by atoms with Crippen LogP contribution < -0.4 is 0 Å². The van der Waals surface area contributed by atoms with Crippen molar-refractivity contribution in [3.8, 4) is 5.82 Å². The molecule has 3 nitrogen and oxygen atoms in total. The number of hydrogen-bond acceptors (Lipinski definition) is 2. The second-order valence-electron chi connectivity index (χ2n) is 4.47. The quantitative estimate of drug-likeness (QED) is 0.665. The van der Waals surface area contributed by atoms with Gasteiger partial charge in [0.1, 0.15) is 0 Å². The Hall–Kier alpha value is -2.08. The molecule has 0 amide bonds. The van der Waals surface area contributed by atoms with Crippen molar-refractivity contribution >= 4 is 22.5 Å². The van der Waals surface area contributed by atoms with E-state index in [1.165, 1.54) is 0 Å². The zero-order chi connectivity index (χ0) is 15.0. The lowest BCUT2D eigenvalue weighted by Crippen LogP contribution is -2.05. The Labute approximate surface area is 123 Å². The number of benzene rings is 1. The van der Waals surface area contributed by atoms with Gasteiger partial charge in [-0.2, -0.15) is 18.3 Å². The highest BCUT2D eigenvalue weighted by Gasteiger charge is 2.32. The molecule has 0 N–H and O–H groups in total. The molecule has 0 radical (unpaired) electrons. The van der Waals surface area contributed by atoms with Crippen molar-refractivity contribution in [1.82, 2.24) is 14.8 Å². The lowest BCUT2D eigenvalue weighted by molar-refractivity contribution is -0.137. The number of nitrogens with zero attached hydrogens (tertiary/aromatic N) is 3. The molecule has 0 atom stereocenters. The third kappa shape index (κ3) is 2.58. The van der Waals surface area contributed by atoms with E-state index >= 15 is 0 Å². The molecule has 0 spiro atoms. The third-order valence-corrected chi connectivity index (χ3v) is 3.34. The van der Waals surface area contributed by atoms with E-state index in [1.54, 1.807) is 12.1 Å². The van der Waals surface area contributed by atoms with Crippen LogP contribution in [0.4, 0.5) is 13.2 Å². The molecule has 1 aromatic carbocycles. The summed E-state index contributed by atoms with van der Waals surface area (Å²) < 4.78 is 39.1. The molecular weight excluding hydrogens is 303 g/mol. The number of hydrogen-bond donors (Lipinski definition) is 0. The Morgan fingerprint density at radius 2 is 1.95 bits per heavy atom. The fraction of sp³-hybridized carbons (Fsp3) is 0.143. The predicted octanol–water partition coefficient (Wildman–Crippen LogP) is 4.18. The zero-order valence-electron chi connectivity index (χ0n) is 10.6. The van der Waals surface area contributed by atoms with Gasteiger partial charge < -0.3 is 0 Å². The Morgan fingerprint density at radius 1 is 1.19 bits per heavy atom. The van der Waals surface area contributed by atoms with E-state index in [2.05, 4.69) is 10.1 Å². The maximum atomic E-state index is 12.7. The van der Waals surface area contributed by atoms with Crippen molar-refractivity contribution < 1.29 is 13.2 Å². The standard InChI is InChI=1S/C14H9ClF3N3/c15-6-10-5-9-3-1-2-4-12(9)20-13(10)21-8-11(7-19-21)14(16,17)18/h1-5,7-8H,6H2. The summed E-state index contributed by atoms with van der Waals surface area (Å²) >= 11 is 5.88. The first-order valence-corrected chi connectivity index (χ1v) is 6.59. The first kappa shape index (κ1) is 13.9.